The van der Waals surface area contributed by atoms with Gasteiger partial charge in [0.15, 0.2) is 0 Å². The number of carbonyl (C=O) groups excluding carboxylic acids is 3. The molecule has 152 valence electrons. The van der Waals surface area contributed by atoms with E-state index in [-0.39, 0.29) is 36.5 Å². The second-order valence-corrected chi connectivity index (χ2v) is 7.20. The van der Waals surface area contributed by atoms with E-state index in [9.17, 15) is 23.9 Å². The molecule has 29 heavy (non-hydrogen) atoms. The van der Waals surface area contributed by atoms with Crippen LogP contribution in [0.15, 0.2) is 42.5 Å². The van der Waals surface area contributed by atoms with E-state index in [1.807, 2.05) is 0 Å². The molecule has 4 N–H and O–H groups in total. The third-order valence-corrected chi connectivity index (χ3v) is 4.95. The molecule has 3 amide bonds. The Hall–Kier alpha value is -2.97. The molecule has 1 saturated heterocycles. The summed E-state index contributed by atoms with van der Waals surface area (Å²) in [6, 6.07) is 10.1. The maximum absolute atomic E-state index is 13.4. The SMILES string of the molecule is NC(=O)c1cccc(N2CC[C@](O)(C(=O)NCCc3cc(F)cc(Cl)c3)C2=O)c1. The molecule has 0 saturated carbocycles. The highest BCUT2D eigenvalue weighted by Gasteiger charge is 2.51. The molecule has 7 nitrogen and oxygen atoms in total. The van der Waals surface area contributed by atoms with Crippen molar-refractivity contribution in [3.8, 4) is 0 Å². The Morgan fingerprint density at radius 1 is 1.28 bits per heavy atom. The average molecular weight is 420 g/mol. The van der Waals surface area contributed by atoms with Crippen molar-refractivity contribution in [2.75, 3.05) is 18.0 Å². The zero-order chi connectivity index (χ0) is 21.2. The number of primary amides is 1. The number of rotatable bonds is 6. The van der Waals surface area contributed by atoms with Crippen molar-refractivity contribution in [1.82, 2.24) is 5.32 Å². The number of aliphatic hydroxyl groups is 1. The molecule has 0 radical (unpaired) electrons. The van der Waals surface area contributed by atoms with Crippen molar-refractivity contribution in [3.05, 3.63) is 64.4 Å². The molecule has 0 unspecified atom stereocenters. The summed E-state index contributed by atoms with van der Waals surface area (Å²) in [5, 5.41) is 13.4. The predicted octanol–water partition coefficient (Wildman–Crippen LogP) is 1.40. The van der Waals surface area contributed by atoms with Crippen LogP contribution in [0.25, 0.3) is 0 Å². The van der Waals surface area contributed by atoms with Crippen LogP contribution in [0, 0.1) is 5.82 Å². The fourth-order valence-corrected chi connectivity index (χ4v) is 3.46. The van der Waals surface area contributed by atoms with Gasteiger partial charge in [0.2, 0.25) is 11.5 Å². The topological polar surface area (TPSA) is 113 Å². The fraction of sp³-hybridized carbons (Fsp3) is 0.250. The number of nitrogens with one attached hydrogen (secondary N) is 1. The second kappa shape index (κ2) is 8.18. The molecular weight excluding hydrogens is 401 g/mol. The molecule has 1 fully saturated rings. The first kappa shape index (κ1) is 20.8. The van der Waals surface area contributed by atoms with Gasteiger partial charge in [0.05, 0.1) is 0 Å². The molecule has 0 bridgehead atoms. The number of nitrogens with two attached hydrogens (primary N) is 1. The Balaban J connectivity index is 1.65. The van der Waals surface area contributed by atoms with Crippen LogP contribution in [0.3, 0.4) is 0 Å². The fourth-order valence-electron chi connectivity index (χ4n) is 3.21. The number of amides is 3. The smallest absolute Gasteiger partial charge is 0.268 e. The van der Waals surface area contributed by atoms with Crippen molar-refractivity contribution in [1.29, 1.82) is 0 Å². The van der Waals surface area contributed by atoms with Gasteiger partial charge in [-0.05, 0) is 48.4 Å². The van der Waals surface area contributed by atoms with Gasteiger partial charge < -0.3 is 21.1 Å². The van der Waals surface area contributed by atoms with Gasteiger partial charge in [-0.1, -0.05) is 17.7 Å². The summed E-state index contributed by atoms with van der Waals surface area (Å²) < 4.78 is 13.4. The Labute approximate surface area is 171 Å². The first-order valence-electron chi connectivity index (χ1n) is 8.88. The van der Waals surface area contributed by atoms with E-state index in [1.54, 1.807) is 18.2 Å². The highest BCUT2D eigenvalue weighted by molar-refractivity contribution is 6.30. The molecule has 0 aliphatic carbocycles. The molecule has 2 aromatic rings. The summed E-state index contributed by atoms with van der Waals surface area (Å²) in [6.45, 7) is 0.190. The van der Waals surface area contributed by atoms with Crippen LogP contribution >= 0.6 is 11.6 Å². The molecule has 1 aliphatic rings. The van der Waals surface area contributed by atoms with E-state index in [0.29, 0.717) is 11.3 Å². The number of nitrogens with zero attached hydrogens (tertiary/aromatic N) is 1. The molecule has 3 rings (SSSR count). The first-order chi connectivity index (χ1) is 13.7. The van der Waals surface area contributed by atoms with Crippen molar-refractivity contribution < 1.29 is 23.9 Å². The van der Waals surface area contributed by atoms with Crippen LogP contribution in [0.2, 0.25) is 5.02 Å². The zero-order valence-corrected chi connectivity index (χ0v) is 16.1. The standard InChI is InChI=1S/C20H19ClFN3O4/c21-14-8-12(9-15(22)11-14)4-6-24-18(27)20(29)5-7-25(19(20)28)16-3-1-2-13(10-16)17(23)26/h1-3,8-11,29H,4-7H2,(H2,23,26)(H,24,27)/t20-/m0/s1. The van der Waals surface area contributed by atoms with Crippen LogP contribution in [-0.4, -0.2) is 41.5 Å². The highest BCUT2D eigenvalue weighted by atomic mass is 35.5. The number of halogens is 2. The maximum Gasteiger partial charge on any atom is 0.268 e. The molecule has 9 heteroatoms. The minimum atomic E-state index is -2.22. The van der Waals surface area contributed by atoms with E-state index in [1.165, 1.54) is 29.2 Å². The lowest BCUT2D eigenvalue weighted by Gasteiger charge is -2.22. The van der Waals surface area contributed by atoms with Crippen molar-refractivity contribution >= 4 is 35.0 Å². The number of anilines is 1. The number of carbonyl (C=O) groups is 3. The largest absolute Gasteiger partial charge is 0.372 e. The van der Waals surface area contributed by atoms with E-state index >= 15 is 0 Å². The Morgan fingerprint density at radius 3 is 2.72 bits per heavy atom. The van der Waals surface area contributed by atoms with Crippen LogP contribution < -0.4 is 16.0 Å². The Morgan fingerprint density at radius 2 is 2.03 bits per heavy atom. The maximum atomic E-state index is 13.4. The third kappa shape index (κ3) is 4.38. The zero-order valence-electron chi connectivity index (χ0n) is 15.3. The van der Waals surface area contributed by atoms with Crippen LogP contribution in [0.1, 0.15) is 22.3 Å². The number of hydrogen-bond acceptors (Lipinski definition) is 4. The monoisotopic (exact) mass is 419 g/mol. The minimum absolute atomic E-state index is 0.0887. The van der Waals surface area contributed by atoms with E-state index in [4.69, 9.17) is 17.3 Å². The molecule has 1 heterocycles. The lowest BCUT2D eigenvalue weighted by Crippen LogP contribution is -2.52. The summed E-state index contributed by atoms with van der Waals surface area (Å²) >= 11 is 5.79. The average Bonchev–Trinajstić information content (AvgIpc) is 2.97. The van der Waals surface area contributed by atoms with Crippen LogP contribution in [0.4, 0.5) is 10.1 Å². The lowest BCUT2D eigenvalue weighted by atomic mass is 10.0. The van der Waals surface area contributed by atoms with Gasteiger partial charge in [0.25, 0.3) is 11.8 Å². The van der Waals surface area contributed by atoms with E-state index < -0.39 is 29.1 Å². The Bertz CT molecular complexity index is 964. The third-order valence-electron chi connectivity index (χ3n) is 4.74. The molecule has 1 atom stereocenters. The molecular formula is C20H19ClFN3O4. The van der Waals surface area contributed by atoms with Gasteiger partial charge in [0.1, 0.15) is 5.82 Å². The van der Waals surface area contributed by atoms with Gasteiger partial charge in [-0.25, -0.2) is 4.39 Å². The van der Waals surface area contributed by atoms with Gasteiger partial charge in [-0.3, -0.25) is 14.4 Å². The summed E-state index contributed by atoms with van der Waals surface area (Å²) in [4.78, 5) is 37.7. The number of benzene rings is 2. The lowest BCUT2D eigenvalue weighted by molar-refractivity contribution is -0.149. The van der Waals surface area contributed by atoms with Crippen molar-refractivity contribution in [2.24, 2.45) is 5.73 Å². The first-order valence-corrected chi connectivity index (χ1v) is 9.26. The van der Waals surface area contributed by atoms with Gasteiger partial charge in [-0.2, -0.15) is 0 Å². The van der Waals surface area contributed by atoms with Gasteiger partial charge >= 0.3 is 0 Å². The van der Waals surface area contributed by atoms with E-state index in [0.717, 1.165) is 0 Å². The molecule has 0 spiro atoms. The molecule has 1 aliphatic heterocycles. The molecule has 0 aromatic heterocycles. The highest BCUT2D eigenvalue weighted by Crippen LogP contribution is 2.29. The van der Waals surface area contributed by atoms with Gasteiger partial charge in [0, 0.05) is 35.8 Å². The molecule has 2 aromatic carbocycles. The van der Waals surface area contributed by atoms with Crippen molar-refractivity contribution in [2.45, 2.75) is 18.4 Å². The van der Waals surface area contributed by atoms with Crippen LogP contribution in [0.5, 0.6) is 0 Å². The van der Waals surface area contributed by atoms with Gasteiger partial charge in [-0.15, -0.1) is 0 Å². The Kier molecular flexibility index (Phi) is 5.86. The summed E-state index contributed by atoms with van der Waals surface area (Å²) in [7, 11) is 0. The second-order valence-electron chi connectivity index (χ2n) is 6.77. The quantitative estimate of drug-likeness (QED) is 0.614. The van der Waals surface area contributed by atoms with E-state index in [2.05, 4.69) is 5.32 Å². The van der Waals surface area contributed by atoms with Crippen molar-refractivity contribution in [3.63, 3.8) is 0 Å². The normalized spacial score (nSPS) is 18.7. The van der Waals surface area contributed by atoms with Crippen LogP contribution in [-0.2, 0) is 16.0 Å². The summed E-state index contributed by atoms with van der Waals surface area (Å²) in [5.41, 5.74) is 4.18. The number of hydrogen-bond donors (Lipinski definition) is 3. The predicted molar refractivity (Wildman–Crippen MR) is 105 cm³/mol. The summed E-state index contributed by atoms with van der Waals surface area (Å²) in [6.07, 6.45) is 0.169. The summed E-state index contributed by atoms with van der Waals surface area (Å²) in [5.74, 6) is -2.76. The minimum Gasteiger partial charge on any atom is -0.372 e.